The van der Waals surface area contributed by atoms with Gasteiger partial charge in [-0.25, -0.2) is 9.97 Å². The van der Waals surface area contributed by atoms with E-state index in [1.165, 1.54) is 0 Å². The van der Waals surface area contributed by atoms with Crippen molar-refractivity contribution in [1.82, 2.24) is 19.9 Å². The number of nitrogens with zero attached hydrogens (tertiary/aromatic N) is 6. The highest BCUT2D eigenvalue weighted by molar-refractivity contribution is 5.85. The molecule has 3 atom stereocenters. The summed E-state index contributed by atoms with van der Waals surface area (Å²) in [5, 5.41) is 0. The lowest BCUT2D eigenvalue weighted by Crippen LogP contribution is -2.47. The molecule has 4 heterocycles. The summed E-state index contributed by atoms with van der Waals surface area (Å²) in [5.74, 6) is 1.51. The van der Waals surface area contributed by atoms with E-state index in [2.05, 4.69) is 30.6 Å². The van der Waals surface area contributed by atoms with E-state index >= 15 is 0 Å². The van der Waals surface area contributed by atoms with Gasteiger partial charge in [-0.1, -0.05) is 30.3 Å². The Balaban J connectivity index is 1.64. The molecule has 0 spiro atoms. The SMILES string of the molecule is CC1CN(c2nc(N3CCOC[C@@H]3C)c3ncc(-c4ccccc4)nc3n2)CC(C)O1. The van der Waals surface area contributed by atoms with Crippen LogP contribution in [-0.2, 0) is 9.47 Å². The van der Waals surface area contributed by atoms with E-state index in [1.54, 1.807) is 0 Å². The van der Waals surface area contributed by atoms with Crippen molar-refractivity contribution in [2.75, 3.05) is 42.6 Å². The lowest BCUT2D eigenvalue weighted by Gasteiger charge is -2.37. The van der Waals surface area contributed by atoms with E-state index in [0.717, 1.165) is 42.2 Å². The topological polar surface area (TPSA) is 76.5 Å². The van der Waals surface area contributed by atoms with E-state index in [0.29, 0.717) is 24.8 Å². The Hall–Kier alpha value is -2.84. The zero-order valence-corrected chi connectivity index (χ0v) is 18.2. The molecule has 2 aromatic heterocycles. The van der Waals surface area contributed by atoms with Crippen LogP contribution in [0.1, 0.15) is 20.8 Å². The summed E-state index contributed by atoms with van der Waals surface area (Å²) in [6.07, 6.45) is 2.06. The molecule has 8 heteroatoms. The van der Waals surface area contributed by atoms with Crippen molar-refractivity contribution in [2.24, 2.45) is 0 Å². The Kier molecular flexibility index (Phi) is 5.41. The van der Waals surface area contributed by atoms with Gasteiger partial charge in [-0.05, 0) is 20.8 Å². The summed E-state index contributed by atoms with van der Waals surface area (Å²) in [6.45, 7) is 9.93. The first-order chi connectivity index (χ1) is 15.1. The van der Waals surface area contributed by atoms with Gasteiger partial charge in [0.15, 0.2) is 17.0 Å². The predicted octanol–water partition coefficient (Wildman–Crippen LogP) is 2.93. The Bertz CT molecular complexity index is 1050. The molecule has 0 bridgehead atoms. The van der Waals surface area contributed by atoms with Gasteiger partial charge in [-0.3, -0.25) is 0 Å². The van der Waals surface area contributed by atoms with Crippen molar-refractivity contribution in [1.29, 1.82) is 0 Å². The Morgan fingerprint density at radius 1 is 0.968 bits per heavy atom. The Morgan fingerprint density at radius 2 is 1.74 bits per heavy atom. The number of hydrogen-bond acceptors (Lipinski definition) is 8. The van der Waals surface area contributed by atoms with Gasteiger partial charge in [0.25, 0.3) is 0 Å². The summed E-state index contributed by atoms with van der Waals surface area (Å²) in [4.78, 5) is 24.0. The molecule has 0 saturated carbocycles. The van der Waals surface area contributed by atoms with Crippen LogP contribution < -0.4 is 9.80 Å². The Morgan fingerprint density at radius 3 is 2.48 bits per heavy atom. The molecular formula is C23H28N6O2. The van der Waals surface area contributed by atoms with E-state index in [-0.39, 0.29) is 18.2 Å². The maximum Gasteiger partial charge on any atom is 0.229 e. The lowest BCUT2D eigenvalue weighted by atomic mass is 10.1. The minimum atomic E-state index is 0.121. The molecule has 0 radical (unpaired) electrons. The van der Waals surface area contributed by atoms with Crippen LogP contribution in [-0.4, -0.2) is 71.0 Å². The number of anilines is 2. The van der Waals surface area contributed by atoms with Crippen molar-refractivity contribution >= 4 is 22.9 Å². The average molecular weight is 421 g/mol. The van der Waals surface area contributed by atoms with Crippen molar-refractivity contribution in [3.63, 3.8) is 0 Å². The van der Waals surface area contributed by atoms with Crippen molar-refractivity contribution < 1.29 is 9.47 Å². The van der Waals surface area contributed by atoms with E-state index in [4.69, 9.17) is 29.4 Å². The standard InChI is InChI=1S/C23H28N6O2/c1-15-14-30-10-9-29(15)22-20-21(25-19(11-24-20)18-7-5-4-6-8-18)26-23(27-22)28-12-16(2)31-17(3)13-28/h4-8,11,15-17H,9-10,12-14H2,1-3H3/t15-,16?,17?/m0/s1. The molecular weight excluding hydrogens is 392 g/mol. The summed E-state index contributed by atoms with van der Waals surface area (Å²) >= 11 is 0. The van der Waals surface area contributed by atoms with Crippen LogP contribution in [0.5, 0.6) is 0 Å². The van der Waals surface area contributed by atoms with Gasteiger partial charge < -0.3 is 19.3 Å². The second kappa shape index (κ2) is 8.36. The summed E-state index contributed by atoms with van der Waals surface area (Å²) < 4.78 is 11.6. The van der Waals surface area contributed by atoms with Gasteiger partial charge >= 0.3 is 0 Å². The van der Waals surface area contributed by atoms with E-state index in [9.17, 15) is 0 Å². The first-order valence-electron chi connectivity index (χ1n) is 10.9. The molecule has 0 aliphatic carbocycles. The fraction of sp³-hybridized carbons (Fsp3) is 0.478. The molecule has 5 rings (SSSR count). The molecule has 31 heavy (non-hydrogen) atoms. The zero-order chi connectivity index (χ0) is 21.4. The number of fused-ring (bicyclic) bond motifs is 1. The smallest absolute Gasteiger partial charge is 0.229 e. The monoisotopic (exact) mass is 420 g/mol. The molecule has 0 amide bonds. The van der Waals surface area contributed by atoms with Crippen LogP contribution in [0.4, 0.5) is 11.8 Å². The second-order valence-corrected chi connectivity index (χ2v) is 8.42. The maximum atomic E-state index is 5.91. The second-order valence-electron chi connectivity index (χ2n) is 8.42. The molecule has 2 aliphatic rings. The highest BCUT2D eigenvalue weighted by Crippen LogP contribution is 2.29. The quantitative estimate of drug-likeness (QED) is 0.640. The fourth-order valence-corrected chi connectivity index (χ4v) is 4.36. The number of benzene rings is 1. The highest BCUT2D eigenvalue weighted by Gasteiger charge is 2.28. The third-order valence-electron chi connectivity index (χ3n) is 5.79. The number of hydrogen-bond donors (Lipinski definition) is 0. The van der Waals surface area contributed by atoms with Crippen LogP contribution in [0.3, 0.4) is 0 Å². The minimum absolute atomic E-state index is 0.121. The number of rotatable bonds is 3. The molecule has 2 aliphatic heterocycles. The number of ether oxygens (including phenoxy) is 2. The van der Waals surface area contributed by atoms with Gasteiger partial charge in [0.2, 0.25) is 5.95 Å². The molecule has 162 valence electrons. The van der Waals surface area contributed by atoms with Crippen LogP contribution >= 0.6 is 0 Å². The van der Waals surface area contributed by atoms with Gasteiger partial charge in [0.1, 0.15) is 0 Å². The lowest BCUT2D eigenvalue weighted by molar-refractivity contribution is -0.00570. The summed E-state index contributed by atoms with van der Waals surface area (Å²) in [7, 11) is 0. The zero-order valence-electron chi connectivity index (χ0n) is 18.2. The first-order valence-corrected chi connectivity index (χ1v) is 10.9. The van der Waals surface area contributed by atoms with Crippen LogP contribution in [0.15, 0.2) is 36.5 Å². The molecule has 0 N–H and O–H groups in total. The molecule has 2 saturated heterocycles. The van der Waals surface area contributed by atoms with Crippen molar-refractivity contribution in [3.8, 4) is 11.3 Å². The third kappa shape index (κ3) is 4.05. The third-order valence-corrected chi connectivity index (χ3v) is 5.79. The number of morpholine rings is 2. The van der Waals surface area contributed by atoms with Gasteiger partial charge in [-0.15, -0.1) is 0 Å². The van der Waals surface area contributed by atoms with Crippen molar-refractivity contribution in [3.05, 3.63) is 36.5 Å². The maximum absolute atomic E-state index is 5.91. The summed E-state index contributed by atoms with van der Waals surface area (Å²) in [6, 6.07) is 10.3. The normalized spacial score (nSPS) is 24.5. The molecule has 3 aromatic rings. The van der Waals surface area contributed by atoms with E-state index < -0.39 is 0 Å². The average Bonchev–Trinajstić information content (AvgIpc) is 2.78. The molecule has 1 aromatic carbocycles. The van der Waals surface area contributed by atoms with Crippen LogP contribution in [0.2, 0.25) is 0 Å². The first kappa shape index (κ1) is 20.1. The highest BCUT2D eigenvalue weighted by atomic mass is 16.5. The van der Waals surface area contributed by atoms with Crippen LogP contribution in [0.25, 0.3) is 22.4 Å². The molecule has 2 fully saturated rings. The predicted molar refractivity (Wildman–Crippen MR) is 120 cm³/mol. The fourth-order valence-electron chi connectivity index (χ4n) is 4.36. The van der Waals surface area contributed by atoms with E-state index in [1.807, 2.05) is 36.5 Å². The molecule has 8 nitrogen and oxygen atoms in total. The Labute approximate surface area is 182 Å². The largest absolute Gasteiger partial charge is 0.377 e. The van der Waals surface area contributed by atoms with Gasteiger partial charge in [0.05, 0.1) is 43.4 Å². The van der Waals surface area contributed by atoms with Crippen LogP contribution in [0, 0.1) is 0 Å². The van der Waals surface area contributed by atoms with Crippen molar-refractivity contribution in [2.45, 2.75) is 39.0 Å². The van der Waals surface area contributed by atoms with Gasteiger partial charge in [-0.2, -0.15) is 9.97 Å². The molecule has 2 unspecified atom stereocenters. The minimum Gasteiger partial charge on any atom is -0.377 e. The summed E-state index contributed by atoms with van der Waals surface area (Å²) in [5.41, 5.74) is 3.17. The van der Waals surface area contributed by atoms with Gasteiger partial charge in [0, 0.05) is 25.2 Å². The number of aromatic nitrogens is 4.